The van der Waals surface area contributed by atoms with Crippen LogP contribution in [0, 0.1) is 0 Å². The molecule has 0 saturated heterocycles. The Kier molecular flexibility index (Phi) is 6.83. The fourth-order valence-electron chi connectivity index (χ4n) is 1.51. The van der Waals surface area contributed by atoms with Crippen LogP contribution in [0.1, 0.15) is 37.0 Å². The van der Waals surface area contributed by atoms with E-state index in [1.807, 2.05) is 38.1 Å². The van der Waals surface area contributed by atoms with E-state index in [-0.39, 0.29) is 11.2 Å². The summed E-state index contributed by atoms with van der Waals surface area (Å²) < 4.78 is 5.58. The van der Waals surface area contributed by atoms with Gasteiger partial charge in [0.25, 0.3) is 0 Å². The van der Waals surface area contributed by atoms with Gasteiger partial charge in [0.2, 0.25) is 0 Å². The number of nitrogens with one attached hydrogen (secondary N) is 1. The molecule has 0 heterocycles. The second-order valence-electron chi connectivity index (χ2n) is 4.13. The molecule has 0 spiro atoms. The summed E-state index contributed by atoms with van der Waals surface area (Å²) in [5, 5.41) is 3.42. The van der Waals surface area contributed by atoms with Crippen molar-refractivity contribution in [1.29, 1.82) is 0 Å². The molecular weight excluding hydrogens is 246 g/mol. The Bertz CT molecular complexity index is 363. The van der Waals surface area contributed by atoms with E-state index in [0.717, 1.165) is 24.3 Å². The number of carbonyl (C=O) groups is 1. The molecule has 0 radical (unpaired) electrons. The molecule has 1 unspecified atom stereocenters. The third kappa shape index (κ3) is 5.56. The Morgan fingerprint density at radius 1 is 1.39 bits per heavy atom. The number of Topliss-reactive ketones (excluding diaryl/α,β-unsaturated/α-hetero) is 1. The summed E-state index contributed by atoms with van der Waals surface area (Å²) in [4.78, 5) is 11.4. The predicted molar refractivity (Wildman–Crippen MR) is 77.6 cm³/mol. The molecule has 0 aliphatic rings. The van der Waals surface area contributed by atoms with Gasteiger partial charge in [-0.3, -0.25) is 4.79 Å². The van der Waals surface area contributed by atoms with Crippen molar-refractivity contribution in [2.75, 3.05) is 13.2 Å². The lowest BCUT2D eigenvalue weighted by atomic mass is 10.1. The van der Waals surface area contributed by atoms with Crippen LogP contribution in [-0.4, -0.2) is 24.3 Å². The SMILES string of the molecule is CCC(=O)c1ccc(OCCCNC(C)S)cc1. The molecular formula is C14H21NO2S. The Hall–Kier alpha value is -1.00. The average Bonchev–Trinajstić information content (AvgIpc) is 2.38. The Morgan fingerprint density at radius 2 is 2.06 bits per heavy atom. The van der Waals surface area contributed by atoms with E-state index in [4.69, 9.17) is 4.74 Å². The molecule has 0 saturated carbocycles. The first kappa shape index (κ1) is 15.1. The van der Waals surface area contributed by atoms with Crippen LogP contribution < -0.4 is 10.1 Å². The van der Waals surface area contributed by atoms with Gasteiger partial charge in [0.05, 0.1) is 6.61 Å². The third-order valence-electron chi connectivity index (χ3n) is 2.53. The molecule has 0 aromatic heterocycles. The molecule has 0 aliphatic carbocycles. The smallest absolute Gasteiger partial charge is 0.162 e. The summed E-state index contributed by atoms with van der Waals surface area (Å²) in [5.41, 5.74) is 0.746. The lowest BCUT2D eigenvalue weighted by Gasteiger charge is -2.09. The topological polar surface area (TPSA) is 38.3 Å². The molecule has 4 heteroatoms. The van der Waals surface area contributed by atoms with Crippen LogP contribution >= 0.6 is 12.6 Å². The van der Waals surface area contributed by atoms with Crippen LogP contribution in [0.4, 0.5) is 0 Å². The van der Waals surface area contributed by atoms with E-state index in [1.165, 1.54) is 0 Å². The van der Waals surface area contributed by atoms with E-state index in [9.17, 15) is 4.79 Å². The van der Waals surface area contributed by atoms with Crippen LogP contribution in [0.25, 0.3) is 0 Å². The molecule has 0 bridgehead atoms. The zero-order valence-electron chi connectivity index (χ0n) is 11.0. The highest BCUT2D eigenvalue weighted by Crippen LogP contribution is 2.13. The molecule has 0 amide bonds. The van der Waals surface area contributed by atoms with Crippen LogP contribution in [0.5, 0.6) is 5.75 Å². The molecule has 0 aliphatic heterocycles. The molecule has 1 rings (SSSR count). The largest absolute Gasteiger partial charge is 0.494 e. The summed E-state index contributed by atoms with van der Waals surface area (Å²) in [6.07, 6.45) is 1.47. The summed E-state index contributed by atoms with van der Waals surface area (Å²) in [6, 6.07) is 7.32. The lowest BCUT2D eigenvalue weighted by molar-refractivity contribution is 0.0988. The van der Waals surface area contributed by atoms with Crippen LogP contribution in [-0.2, 0) is 0 Å². The quantitative estimate of drug-likeness (QED) is 0.329. The van der Waals surface area contributed by atoms with Gasteiger partial charge >= 0.3 is 0 Å². The highest BCUT2D eigenvalue weighted by atomic mass is 32.1. The number of ether oxygens (including phenoxy) is 1. The van der Waals surface area contributed by atoms with Gasteiger partial charge in [0.15, 0.2) is 5.78 Å². The van der Waals surface area contributed by atoms with Gasteiger partial charge in [0.1, 0.15) is 5.75 Å². The number of benzene rings is 1. The van der Waals surface area contributed by atoms with Gasteiger partial charge in [-0.25, -0.2) is 0 Å². The lowest BCUT2D eigenvalue weighted by Crippen LogP contribution is -2.23. The van der Waals surface area contributed by atoms with Crippen LogP contribution in [0.15, 0.2) is 24.3 Å². The molecule has 18 heavy (non-hydrogen) atoms. The highest BCUT2D eigenvalue weighted by Gasteiger charge is 2.02. The molecule has 1 atom stereocenters. The minimum absolute atomic E-state index is 0.161. The fourth-order valence-corrected chi connectivity index (χ4v) is 1.64. The number of rotatable bonds is 8. The number of carbonyl (C=O) groups excluding carboxylic acids is 1. The number of thiol groups is 1. The van der Waals surface area contributed by atoms with E-state index in [0.29, 0.717) is 13.0 Å². The normalized spacial score (nSPS) is 12.2. The van der Waals surface area contributed by atoms with Gasteiger partial charge in [-0.2, -0.15) is 12.6 Å². The van der Waals surface area contributed by atoms with Gasteiger partial charge in [-0.05, 0) is 44.2 Å². The first-order valence-electron chi connectivity index (χ1n) is 6.31. The van der Waals surface area contributed by atoms with E-state index >= 15 is 0 Å². The summed E-state index contributed by atoms with van der Waals surface area (Å²) in [6.45, 7) is 5.40. The molecule has 100 valence electrons. The monoisotopic (exact) mass is 267 g/mol. The Labute approximate surface area is 114 Å². The van der Waals surface area contributed by atoms with Crippen molar-refractivity contribution in [2.24, 2.45) is 0 Å². The average molecular weight is 267 g/mol. The Balaban J connectivity index is 2.29. The third-order valence-corrected chi connectivity index (χ3v) is 2.71. The van der Waals surface area contributed by atoms with Gasteiger partial charge in [0, 0.05) is 17.4 Å². The summed E-state index contributed by atoms with van der Waals surface area (Å²) in [5.74, 6) is 0.968. The van der Waals surface area contributed by atoms with Crippen LogP contribution in [0.3, 0.4) is 0 Å². The fraction of sp³-hybridized carbons (Fsp3) is 0.500. The van der Waals surface area contributed by atoms with E-state index in [1.54, 1.807) is 0 Å². The molecule has 1 aromatic rings. The van der Waals surface area contributed by atoms with Crippen LogP contribution in [0.2, 0.25) is 0 Å². The van der Waals surface area contributed by atoms with Crippen molar-refractivity contribution < 1.29 is 9.53 Å². The molecule has 1 aromatic carbocycles. The van der Waals surface area contributed by atoms with Crippen molar-refractivity contribution >= 4 is 18.4 Å². The summed E-state index contributed by atoms with van der Waals surface area (Å²) in [7, 11) is 0. The van der Waals surface area contributed by atoms with Crippen molar-refractivity contribution in [3.05, 3.63) is 29.8 Å². The van der Waals surface area contributed by atoms with Crippen molar-refractivity contribution in [3.8, 4) is 5.75 Å². The Morgan fingerprint density at radius 3 is 2.61 bits per heavy atom. The second-order valence-corrected chi connectivity index (χ2v) is 4.91. The predicted octanol–water partition coefficient (Wildman–Crippen LogP) is 2.91. The minimum Gasteiger partial charge on any atom is -0.494 e. The van der Waals surface area contributed by atoms with E-state index in [2.05, 4.69) is 17.9 Å². The second kappa shape index (κ2) is 8.16. The minimum atomic E-state index is 0.161. The first-order valence-corrected chi connectivity index (χ1v) is 6.82. The summed E-state index contributed by atoms with van der Waals surface area (Å²) >= 11 is 4.23. The maximum Gasteiger partial charge on any atom is 0.162 e. The van der Waals surface area contributed by atoms with Gasteiger partial charge in [-0.1, -0.05) is 6.92 Å². The molecule has 0 fully saturated rings. The molecule has 3 nitrogen and oxygen atoms in total. The van der Waals surface area contributed by atoms with E-state index < -0.39 is 0 Å². The first-order chi connectivity index (χ1) is 8.63. The maximum atomic E-state index is 11.4. The van der Waals surface area contributed by atoms with Crippen molar-refractivity contribution in [2.45, 2.75) is 32.1 Å². The standard InChI is InChI=1S/C14H21NO2S/c1-3-14(16)12-5-7-13(8-6-12)17-10-4-9-15-11(2)18/h5-8,11,15,18H,3-4,9-10H2,1-2H3. The van der Waals surface area contributed by atoms with Crippen molar-refractivity contribution in [3.63, 3.8) is 0 Å². The van der Waals surface area contributed by atoms with Gasteiger partial charge < -0.3 is 10.1 Å². The number of ketones is 1. The molecule has 1 N–H and O–H groups in total. The highest BCUT2D eigenvalue weighted by molar-refractivity contribution is 7.80. The number of hydrogen-bond donors (Lipinski definition) is 2. The zero-order chi connectivity index (χ0) is 13.4. The maximum absolute atomic E-state index is 11.4. The van der Waals surface area contributed by atoms with Crippen molar-refractivity contribution in [1.82, 2.24) is 5.32 Å². The number of hydrogen-bond acceptors (Lipinski definition) is 4. The van der Waals surface area contributed by atoms with Gasteiger partial charge in [-0.15, -0.1) is 0 Å². The zero-order valence-corrected chi connectivity index (χ0v) is 11.9.